The summed E-state index contributed by atoms with van der Waals surface area (Å²) in [5.74, 6) is -0.204. The fraction of sp³-hybridized carbons (Fsp3) is 0.278. The number of amides is 1. The molecule has 0 aliphatic carbocycles. The average molecular weight is 456 g/mol. The Labute approximate surface area is 167 Å². The highest BCUT2D eigenvalue weighted by Gasteiger charge is 2.38. The van der Waals surface area contributed by atoms with E-state index in [1.54, 1.807) is 16.9 Å². The van der Waals surface area contributed by atoms with E-state index >= 15 is 0 Å². The molecule has 0 spiro atoms. The third kappa shape index (κ3) is 4.61. The summed E-state index contributed by atoms with van der Waals surface area (Å²) in [6.45, 7) is 3.64. The summed E-state index contributed by atoms with van der Waals surface area (Å²) in [5, 5.41) is 10.3. The SMILES string of the molecule is Cc1cccc(Cn2ccc(NC(=O)Cn3nc(C(F)(F)F)c(Br)c3C)n2)c1. The minimum absolute atomic E-state index is 0.171. The van der Waals surface area contributed by atoms with Crippen LogP contribution in [0.1, 0.15) is 22.5 Å². The zero-order valence-corrected chi connectivity index (χ0v) is 16.7. The van der Waals surface area contributed by atoms with Crippen molar-refractivity contribution >= 4 is 27.7 Å². The van der Waals surface area contributed by atoms with Crippen LogP contribution < -0.4 is 5.32 Å². The molecule has 0 fully saturated rings. The van der Waals surface area contributed by atoms with Gasteiger partial charge in [-0.1, -0.05) is 29.8 Å². The van der Waals surface area contributed by atoms with Gasteiger partial charge in [-0.2, -0.15) is 23.4 Å². The van der Waals surface area contributed by atoms with Gasteiger partial charge in [0.2, 0.25) is 5.91 Å². The number of aryl methyl sites for hydroxylation is 1. The number of carbonyl (C=O) groups excluding carboxylic acids is 1. The van der Waals surface area contributed by atoms with Crippen molar-refractivity contribution in [2.24, 2.45) is 0 Å². The molecule has 1 amide bonds. The van der Waals surface area contributed by atoms with Gasteiger partial charge < -0.3 is 5.32 Å². The fourth-order valence-corrected chi connectivity index (χ4v) is 3.20. The first-order chi connectivity index (χ1) is 13.1. The Balaban J connectivity index is 1.65. The second-order valence-electron chi connectivity index (χ2n) is 6.34. The van der Waals surface area contributed by atoms with Crippen LogP contribution in [0, 0.1) is 13.8 Å². The van der Waals surface area contributed by atoms with Gasteiger partial charge in [0.05, 0.1) is 16.7 Å². The van der Waals surface area contributed by atoms with Crippen molar-refractivity contribution in [2.75, 3.05) is 5.32 Å². The maximum absolute atomic E-state index is 12.9. The number of anilines is 1. The molecule has 1 aromatic carbocycles. The summed E-state index contributed by atoms with van der Waals surface area (Å²) >= 11 is 2.88. The van der Waals surface area contributed by atoms with E-state index in [0.717, 1.165) is 15.8 Å². The van der Waals surface area contributed by atoms with Crippen LogP contribution in [0.5, 0.6) is 0 Å². The molecule has 2 aromatic heterocycles. The van der Waals surface area contributed by atoms with Crippen LogP contribution in [-0.2, 0) is 24.1 Å². The van der Waals surface area contributed by atoms with Crippen molar-refractivity contribution in [3.8, 4) is 0 Å². The van der Waals surface area contributed by atoms with Gasteiger partial charge in [0, 0.05) is 12.3 Å². The van der Waals surface area contributed by atoms with Crippen molar-refractivity contribution in [3.63, 3.8) is 0 Å². The Hall–Kier alpha value is -2.62. The van der Waals surface area contributed by atoms with Gasteiger partial charge >= 0.3 is 6.18 Å². The molecule has 2 heterocycles. The monoisotopic (exact) mass is 455 g/mol. The molecule has 0 saturated carbocycles. The van der Waals surface area contributed by atoms with E-state index in [1.807, 2.05) is 31.2 Å². The molecule has 0 bridgehead atoms. The van der Waals surface area contributed by atoms with Crippen LogP contribution in [0.15, 0.2) is 41.0 Å². The fourth-order valence-electron chi connectivity index (χ4n) is 2.69. The van der Waals surface area contributed by atoms with Crippen molar-refractivity contribution < 1.29 is 18.0 Å². The average Bonchev–Trinajstić information content (AvgIpc) is 3.13. The van der Waals surface area contributed by atoms with E-state index in [9.17, 15) is 18.0 Å². The lowest BCUT2D eigenvalue weighted by Gasteiger charge is -2.05. The standard InChI is InChI=1S/C18H17BrF3N5O/c1-11-4-3-5-13(8-11)9-26-7-6-14(24-26)23-15(28)10-27-12(2)16(19)17(25-27)18(20,21)22/h3-8H,9-10H2,1-2H3,(H,23,24,28). The second-order valence-corrected chi connectivity index (χ2v) is 7.13. The lowest BCUT2D eigenvalue weighted by atomic mass is 10.1. The van der Waals surface area contributed by atoms with Crippen LogP contribution in [0.2, 0.25) is 0 Å². The van der Waals surface area contributed by atoms with E-state index in [0.29, 0.717) is 12.4 Å². The third-order valence-electron chi connectivity index (χ3n) is 4.03. The Morgan fingerprint density at radius 1 is 1.21 bits per heavy atom. The minimum atomic E-state index is -4.60. The summed E-state index contributed by atoms with van der Waals surface area (Å²) in [5.41, 5.74) is 1.36. The zero-order valence-electron chi connectivity index (χ0n) is 15.1. The number of nitrogens with zero attached hydrogens (tertiary/aromatic N) is 4. The third-order valence-corrected chi connectivity index (χ3v) is 4.98. The number of rotatable bonds is 5. The van der Waals surface area contributed by atoms with E-state index < -0.39 is 17.8 Å². The molecule has 10 heteroatoms. The van der Waals surface area contributed by atoms with Gasteiger partial charge in [0.1, 0.15) is 6.54 Å². The molecule has 0 atom stereocenters. The van der Waals surface area contributed by atoms with Crippen molar-refractivity contribution in [1.82, 2.24) is 19.6 Å². The number of hydrogen-bond donors (Lipinski definition) is 1. The molecule has 6 nitrogen and oxygen atoms in total. The summed E-state index contributed by atoms with van der Waals surface area (Å²) < 4.78 is 41.2. The van der Waals surface area contributed by atoms with E-state index in [4.69, 9.17) is 0 Å². The molecule has 0 aliphatic rings. The maximum Gasteiger partial charge on any atom is 0.436 e. The zero-order chi connectivity index (χ0) is 20.5. The lowest BCUT2D eigenvalue weighted by molar-refractivity contribution is -0.142. The Bertz CT molecular complexity index is 1010. The molecule has 3 rings (SSSR count). The predicted octanol–water partition coefficient (Wildman–Crippen LogP) is 4.16. The summed E-state index contributed by atoms with van der Waals surface area (Å²) in [7, 11) is 0. The van der Waals surface area contributed by atoms with Gasteiger partial charge in [-0.15, -0.1) is 0 Å². The molecule has 1 N–H and O–H groups in total. The van der Waals surface area contributed by atoms with E-state index in [1.165, 1.54) is 6.92 Å². The summed E-state index contributed by atoms with van der Waals surface area (Å²) in [6.07, 6.45) is -2.88. The number of alkyl halides is 3. The number of benzene rings is 1. The highest BCUT2D eigenvalue weighted by Crippen LogP contribution is 2.35. The molecular formula is C18H17BrF3N5O. The van der Waals surface area contributed by atoms with Gasteiger partial charge in [0.15, 0.2) is 11.5 Å². The molecule has 3 aromatic rings. The molecule has 0 saturated heterocycles. The Kier molecular flexibility index (Phi) is 5.59. The van der Waals surface area contributed by atoms with Gasteiger partial charge in [0.25, 0.3) is 0 Å². The maximum atomic E-state index is 12.9. The molecule has 0 unspecified atom stereocenters. The Morgan fingerprint density at radius 3 is 2.61 bits per heavy atom. The highest BCUT2D eigenvalue weighted by molar-refractivity contribution is 9.10. The molecule has 0 radical (unpaired) electrons. The van der Waals surface area contributed by atoms with E-state index in [2.05, 4.69) is 31.4 Å². The first-order valence-corrected chi connectivity index (χ1v) is 9.12. The van der Waals surface area contributed by atoms with Gasteiger partial charge in [-0.3, -0.25) is 14.2 Å². The van der Waals surface area contributed by atoms with Crippen LogP contribution in [0.25, 0.3) is 0 Å². The van der Waals surface area contributed by atoms with Gasteiger partial charge in [-0.05, 0) is 35.3 Å². The number of halogens is 4. The van der Waals surface area contributed by atoms with E-state index in [-0.39, 0.29) is 16.7 Å². The summed E-state index contributed by atoms with van der Waals surface area (Å²) in [6, 6.07) is 9.59. The molecule has 28 heavy (non-hydrogen) atoms. The predicted molar refractivity (Wildman–Crippen MR) is 101 cm³/mol. The minimum Gasteiger partial charge on any atom is -0.308 e. The van der Waals surface area contributed by atoms with Crippen LogP contribution >= 0.6 is 15.9 Å². The molecule has 148 valence electrons. The number of aromatic nitrogens is 4. The number of hydrogen-bond acceptors (Lipinski definition) is 3. The summed E-state index contributed by atoms with van der Waals surface area (Å²) in [4.78, 5) is 12.2. The van der Waals surface area contributed by atoms with Crippen molar-refractivity contribution in [1.29, 1.82) is 0 Å². The highest BCUT2D eigenvalue weighted by atomic mass is 79.9. The van der Waals surface area contributed by atoms with Crippen LogP contribution in [-0.4, -0.2) is 25.5 Å². The van der Waals surface area contributed by atoms with Crippen molar-refractivity contribution in [2.45, 2.75) is 33.1 Å². The largest absolute Gasteiger partial charge is 0.436 e. The molecule has 0 aliphatic heterocycles. The van der Waals surface area contributed by atoms with Crippen LogP contribution in [0.4, 0.5) is 19.0 Å². The van der Waals surface area contributed by atoms with Gasteiger partial charge in [-0.25, -0.2) is 0 Å². The van der Waals surface area contributed by atoms with Crippen molar-refractivity contribution in [3.05, 3.63) is 63.5 Å². The van der Waals surface area contributed by atoms with Crippen LogP contribution in [0.3, 0.4) is 0 Å². The smallest absolute Gasteiger partial charge is 0.308 e. The number of carbonyl (C=O) groups is 1. The first kappa shape index (κ1) is 20.1. The topological polar surface area (TPSA) is 64.7 Å². The number of nitrogens with one attached hydrogen (secondary N) is 1. The first-order valence-electron chi connectivity index (χ1n) is 8.32. The Morgan fingerprint density at radius 2 is 1.96 bits per heavy atom. The second kappa shape index (κ2) is 7.78. The quantitative estimate of drug-likeness (QED) is 0.627. The normalized spacial score (nSPS) is 11.6. The lowest BCUT2D eigenvalue weighted by Crippen LogP contribution is -2.21. The molecular weight excluding hydrogens is 439 g/mol.